The van der Waals surface area contributed by atoms with E-state index in [1.165, 1.54) is 4.80 Å². The van der Waals surface area contributed by atoms with Gasteiger partial charge >= 0.3 is 0 Å². The van der Waals surface area contributed by atoms with Gasteiger partial charge in [-0.1, -0.05) is 0 Å². The topological polar surface area (TPSA) is 69.9 Å². The molecule has 2 heterocycles. The molecule has 1 fully saturated rings. The fourth-order valence-electron chi connectivity index (χ4n) is 1.66. The molecule has 1 aromatic rings. The fraction of sp³-hybridized carbons (Fsp3) is 0.778. The van der Waals surface area contributed by atoms with E-state index >= 15 is 0 Å². The molecule has 0 aliphatic carbocycles. The number of aromatic nitrogens is 4. The number of ether oxygens (including phenoxy) is 1. The van der Waals surface area contributed by atoms with Gasteiger partial charge in [0.25, 0.3) is 0 Å². The Balaban J connectivity index is 1.91. The van der Waals surface area contributed by atoms with E-state index in [-0.39, 0.29) is 17.7 Å². The van der Waals surface area contributed by atoms with Crippen LogP contribution in [-0.4, -0.2) is 38.7 Å². The molecule has 1 saturated heterocycles. The van der Waals surface area contributed by atoms with Crippen molar-refractivity contribution in [3.63, 3.8) is 0 Å². The van der Waals surface area contributed by atoms with E-state index in [1.807, 2.05) is 0 Å². The molecule has 1 aliphatic rings. The summed E-state index contributed by atoms with van der Waals surface area (Å²) in [6.07, 6.45) is 3.58. The molecule has 6 heteroatoms. The SMILES string of the molecule is Cn1nnc(C(=O)CC2CCCCO2)n1. The Kier molecular flexibility index (Phi) is 3.05. The second-order valence-electron chi connectivity index (χ2n) is 3.72. The number of carbonyl (C=O) groups is 1. The first kappa shape index (κ1) is 10.2. The highest BCUT2D eigenvalue weighted by molar-refractivity contribution is 5.92. The molecule has 1 unspecified atom stereocenters. The minimum absolute atomic E-state index is 0.0371. The first-order chi connectivity index (χ1) is 7.25. The predicted molar refractivity (Wildman–Crippen MR) is 51.3 cm³/mol. The van der Waals surface area contributed by atoms with Crippen molar-refractivity contribution in [3.8, 4) is 0 Å². The molecule has 0 aromatic carbocycles. The van der Waals surface area contributed by atoms with Gasteiger partial charge in [-0.05, 0) is 24.5 Å². The molecule has 82 valence electrons. The van der Waals surface area contributed by atoms with Crippen LogP contribution >= 0.6 is 0 Å². The standard InChI is InChI=1S/C9H14N4O2/c1-13-11-9(10-12-13)8(14)6-7-4-2-3-5-15-7/h7H,2-6H2,1H3. The van der Waals surface area contributed by atoms with Crippen LogP contribution in [0, 0.1) is 0 Å². The quantitative estimate of drug-likeness (QED) is 0.673. The van der Waals surface area contributed by atoms with Gasteiger partial charge in [0.1, 0.15) is 0 Å². The van der Waals surface area contributed by atoms with Gasteiger partial charge in [-0.3, -0.25) is 4.79 Å². The van der Waals surface area contributed by atoms with Gasteiger partial charge < -0.3 is 4.74 Å². The number of rotatable bonds is 3. The Bertz CT molecular complexity index is 344. The Labute approximate surface area is 87.6 Å². The Morgan fingerprint density at radius 2 is 2.47 bits per heavy atom. The van der Waals surface area contributed by atoms with Gasteiger partial charge in [-0.25, -0.2) is 0 Å². The molecule has 0 spiro atoms. The lowest BCUT2D eigenvalue weighted by Crippen LogP contribution is -2.23. The van der Waals surface area contributed by atoms with Crippen LogP contribution in [0.1, 0.15) is 36.3 Å². The van der Waals surface area contributed by atoms with Crippen molar-refractivity contribution in [3.05, 3.63) is 5.82 Å². The van der Waals surface area contributed by atoms with Gasteiger partial charge in [0, 0.05) is 13.0 Å². The second-order valence-corrected chi connectivity index (χ2v) is 3.72. The van der Waals surface area contributed by atoms with E-state index in [4.69, 9.17) is 4.74 Å². The number of carbonyl (C=O) groups excluding carboxylic acids is 1. The molecule has 0 N–H and O–H groups in total. The summed E-state index contributed by atoms with van der Waals surface area (Å²) in [4.78, 5) is 13.0. The number of aryl methyl sites for hydroxylation is 1. The Hall–Kier alpha value is -1.30. The third-order valence-electron chi connectivity index (χ3n) is 2.44. The van der Waals surface area contributed by atoms with Crippen LogP contribution in [-0.2, 0) is 11.8 Å². The molecule has 15 heavy (non-hydrogen) atoms. The maximum atomic E-state index is 11.7. The van der Waals surface area contributed by atoms with E-state index in [0.717, 1.165) is 25.9 Å². The normalized spacial score (nSPS) is 21.5. The Morgan fingerprint density at radius 1 is 1.60 bits per heavy atom. The molecule has 6 nitrogen and oxygen atoms in total. The summed E-state index contributed by atoms with van der Waals surface area (Å²) in [5.74, 6) is 0.0988. The van der Waals surface area contributed by atoms with Crippen molar-refractivity contribution >= 4 is 5.78 Å². The molecule has 1 aliphatic heterocycles. The largest absolute Gasteiger partial charge is 0.378 e. The van der Waals surface area contributed by atoms with Gasteiger partial charge in [0.2, 0.25) is 11.6 Å². The van der Waals surface area contributed by atoms with Crippen molar-refractivity contribution < 1.29 is 9.53 Å². The van der Waals surface area contributed by atoms with Crippen LogP contribution in [0.3, 0.4) is 0 Å². The van der Waals surface area contributed by atoms with Gasteiger partial charge in [-0.2, -0.15) is 4.80 Å². The number of nitrogens with zero attached hydrogens (tertiary/aromatic N) is 4. The predicted octanol–water partition coefficient (Wildman–Crippen LogP) is 0.352. The molecule has 0 amide bonds. The number of ketones is 1. The van der Waals surface area contributed by atoms with Crippen LogP contribution in [0.4, 0.5) is 0 Å². The minimum Gasteiger partial charge on any atom is -0.378 e. The van der Waals surface area contributed by atoms with Crippen molar-refractivity contribution in [1.82, 2.24) is 20.2 Å². The number of Topliss-reactive ketones (excluding diaryl/α,β-unsaturated/α-hetero) is 1. The number of hydrogen-bond acceptors (Lipinski definition) is 5. The lowest BCUT2D eigenvalue weighted by Gasteiger charge is -2.21. The molecule has 0 bridgehead atoms. The maximum absolute atomic E-state index is 11.7. The summed E-state index contributed by atoms with van der Waals surface area (Å²) in [5.41, 5.74) is 0. The van der Waals surface area contributed by atoms with Crippen LogP contribution in [0.15, 0.2) is 0 Å². The number of hydrogen-bond donors (Lipinski definition) is 0. The third kappa shape index (κ3) is 2.59. The molecule has 0 saturated carbocycles. The number of tetrazole rings is 1. The first-order valence-electron chi connectivity index (χ1n) is 5.14. The van der Waals surface area contributed by atoms with Crippen molar-refractivity contribution in [2.24, 2.45) is 7.05 Å². The maximum Gasteiger partial charge on any atom is 0.240 e. The Morgan fingerprint density at radius 3 is 3.07 bits per heavy atom. The van der Waals surface area contributed by atoms with Crippen LogP contribution in [0.25, 0.3) is 0 Å². The zero-order valence-electron chi connectivity index (χ0n) is 8.72. The lowest BCUT2D eigenvalue weighted by molar-refractivity contribution is 0.0126. The van der Waals surface area contributed by atoms with Crippen molar-refractivity contribution in [2.75, 3.05) is 6.61 Å². The fourth-order valence-corrected chi connectivity index (χ4v) is 1.66. The summed E-state index contributed by atoms with van der Waals surface area (Å²) < 4.78 is 5.47. The highest BCUT2D eigenvalue weighted by Crippen LogP contribution is 2.16. The first-order valence-corrected chi connectivity index (χ1v) is 5.14. The zero-order valence-corrected chi connectivity index (χ0v) is 8.72. The summed E-state index contributed by atoms with van der Waals surface area (Å²) in [6, 6.07) is 0. The monoisotopic (exact) mass is 210 g/mol. The summed E-state index contributed by atoms with van der Waals surface area (Å²) in [7, 11) is 1.64. The lowest BCUT2D eigenvalue weighted by atomic mass is 10.0. The second kappa shape index (κ2) is 4.48. The summed E-state index contributed by atoms with van der Waals surface area (Å²) in [6.45, 7) is 0.756. The van der Waals surface area contributed by atoms with E-state index in [2.05, 4.69) is 15.4 Å². The van der Waals surface area contributed by atoms with E-state index in [0.29, 0.717) is 6.42 Å². The van der Waals surface area contributed by atoms with E-state index in [1.54, 1.807) is 7.05 Å². The van der Waals surface area contributed by atoms with Gasteiger partial charge in [0.05, 0.1) is 13.2 Å². The van der Waals surface area contributed by atoms with Crippen molar-refractivity contribution in [1.29, 1.82) is 0 Å². The molecule has 2 rings (SSSR count). The molecular formula is C9H14N4O2. The van der Waals surface area contributed by atoms with Crippen LogP contribution in [0.5, 0.6) is 0 Å². The van der Waals surface area contributed by atoms with Gasteiger partial charge in [-0.15, -0.1) is 10.2 Å². The zero-order chi connectivity index (χ0) is 10.7. The molecule has 1 aromatic heterocycles. The third-order valence-corrected chi connectivity index (χ3v) is 2.44. The van der Waals surface area contributed by atoms with E-state index in [9.17, 15) is 4.79 Å². The van der Waals surface area contributed by atoms with E-state index < -0.39 is 0 Å². The molecular weight excluding hydrogens is 196 g/mol. The molecule has 1 atom stereocenters. The highest BCUT2D eigenvalue weighted by atomic mass is 16.5. The highest BCUT2D eigenvalue weighted by Gasteiger charge is 2.21. The van der Waals surface area contributed by atoms with Crippen molar-refractivity contribution in [2.45, 2.75) is 31.8 Å². The smallest absolute Gasteiger partial charge is 0.240 e. The minimum atomic E-state index is -0.0880. The summed E-state index contributed by atoms with van der Waals surface area (Å²) >= 11 is 0. The van der Waals surface area contributed by atoms with Gasteiger partial charge in [0.15, 0.2) is 0 Å². The summed E-state index contributed by atoms with van der Waals surface area (Å²) in [5, 5.41) is 11.2. The average molecular weight is 210 g/mol. The van der Waals surface area contributed by atoms with Crippen LogP contribution < -0.4 is 0 Å². The van der Waals surface area contributed by atoms with Crippen LogP contribution in [0.2, 0.25) is 0 Å². The average Bonchev–Trinajstić information content (AvgIpc) is 2.66. The molecule has 0 radical (unpaired) electrons.